The first-order chi connectivity index (χ1) is 12.6. The van der Waals surface area contributed by atoms with Crippen LogP contribution in [0.15, 0.2) is 28.6 Å². The van der Waals surface area contributed by atoms with Crippen LogP contribution in [-0.4, -0.2) is 64.9 Å². The Morgan fingerprint density at radius 2 is 1.96 bits per heavy atom. The molecule has 1 saturated heterocycles. The van der Waals surface area contributed by atoms with Crippen molar-refractivity contribution >= 4 is 33.9 Å². The molecule has 8 heteroatoms. The number of β-amino-alcohol motifs (C(OH)–C–C–N with tert-alkyl or cyclic N) is 1. The summed E-state index contributed by atoms with van der Waals surface area (Å²) in [6.45, 7) is 8.35. The van der Waals surface area contributed by atoms with E-state index >= 15 is 0 Å². The number of aromatic nitrogens is 2. The summed E-state index contributed by atoms with van der Waals surface area (Å²) in [7, 11) is 0. The highest BCUT2D eigenvalue weighted by molar-refractivity contribution is 8.01. The number of aliphatic hydroxyl groups excluding tert-OH is 1. The van der Waals surface area contributed by atoms with Gasteiger partial charge in [0.1, 0.15) is 0 Å². The van der Waals surface area contributed by atoms with Crippen LogP contribution in [0.4, 0.5) is 10.8 Å². The van der Waals surface area contributed by atoms with Gasteiger partial charge in [-0.25, -0.2) is 0 Å². The molecule has 2 aromatic rings. The molecule has 3 rings (SSSR count). The highest BCUT2D eigenvalue weighted by Gasteiger charge is 2.16. The van der Waals surface area contributed by atoms with Gasteiger partial charge in [0.2, 0.25) is 5.13 Å². The van der Waals surface area contributed by atoms with Crippen molar-refractivity contribution in [3.8, 4) is 0 Å². The molecule has 1 fully saturated rings. The summed E-state index contributed by atoms with van der Waals surface area (Å²) in [5, 5.41) is 22.7. The molecule has 0 radical (unpaired) electrons. The predicted molar refractivity (Wildman–Crippen MR) is 108 cm³/mol. The van der Waals surface area contributed by atoms with Gasteiger partial charge in [0, 0.05) is 31.1 Å². The first-order valence-corrected chi connectivity index (χ1v) is 10.7. The topological polar surface area (TPSA) is 70.5 Å². The van der Waals surface area contributed by atoms with Gasteiger partial charge in [-0.1, -0.05) is 49.1 Å². The number of hydrogen-bond donors (Lipinski definition) is 2. The molecule has 26 heavy (non-hydrogen) atoms. The number of thioether (sulfide) groups is 1. The molecule has 0 aliphatic carbocycles. The molecular weight excluding hydrogens is 368 g/mol. The maximum atomic E-state index is 10.2. The molecule has 1 aliphatic rings. The van der Waals surface area contributed by atoms with Crippen LogP contribution in [0.1, 0.15) is 25.3 Å². The zero-order valence-electron chi connectivity index (χ0n) is 15.2. The van der Waals surface area contributed by atoms with Crippen molar-refractivity contribution in [2.75, 3.05) is 43.9 Å². The molecule has 0 unspecified atom stereocenters. The van der Waals surface area contributed by atoms with Gasteiger partial charge in [0.05, 0.1) is 19.3 Å². The van der Waals surface area contributed by atoms with Crippen molar-refractivity contribution in [3.05, 3.63) is 29.8 Å². The second-order valence-corrected chi connectivity index (χ2v) is 8.90. The van der Waals surface area contributed by atoms with Gasteiger partial charge in [0.25, 0.3) is 0 Å². The van der Waals surface area contributed by atoms with Crippen molar-refractivity contribution in [1.82, 2.24) is 15.1 Å². The second-order valence-electron chi connectivity index (χ2n) is 6.65. The van der Waals surface area contributed by atoms with Crippen LogP contribution in [0.2, 0.25) is 0 Å². The molecular formula is C18H26N4O2S2. The van der Waals surface area contributed by atoms with Crippen LogP contribution < -0.4 is 5.32 Å². The van der Waals surface area contributed by atoms with E-state index in [2.05, 4.69) is 58.5 Å². The number of benzene rings is 1. The lowest BCUT2D eigenvalue weighted by Gasteiger charge is -2.28. The molecule has 1 atom stereocenters. The van der Waals surface area contributed by atoms with Crippen LogP contribution in [0, 0.1) is 0 Å². The summed E-state index contributed by atoms with van der Waals surface area (Å²) < 4.78 is 6.20. The minimum atomic E-state index is -0.373. The first-order valence-electron chi connectivity index (χ1n) is 8.91. The molecule has 0 amide bonds. The smallest absolute Gasteiger partial charge is 0.210 e. The van der Waals surface area contributed by atoms with E-state index in [-0.39, 0.29) is 6.10 Å². The van der Waals surface area contributed by atoms with E-state index in [0.29, 0.717) is 18.2 Å². The number of rotatable bonds is 8. The molecule has 1 aromatic carbocycles. The third-order valence-corrected chi connectivity index (χ3v) is 6.32. The van der Waals surface area contributed by atoms with E-state index < -0.39 is 0 Å². The summed E-state index contributed by atoms with van der Waals surface area (Å²) in [5.74, 6) is 1.15. The molecule has 1 aliphatic heterocycles. The third-order valence-electron chi connectivity index (χ3n) is 4.21. The van der Waals surface area contributed by atoms with E-state index in [0.717, 1.165) is 41.5 Å². The zero-order valence-corrected chi connectivity index (χ0v) is 16.9. The SMILES string of the molecule is CC(C)c1ccc(Nc2nnc(SC[C@H](O)CN3CCOCC3)s2)cc1. The second kappa shape index (κ2) is 9.66. The Bertz CT molecular complexity index is 672. The fourth-order valence-corrected chi connectivity index (χ4v) is 4.41. The molecule has 2 N–H and O–H groups in total. The summed E-state index contributed by atoms with van der Waals surface area (Å²) in [6.07, 6.45) is -0.373. The lowest BCUT2D eigenvalue weighted by Crippen LogP contribution is -2.41. The van der Waals surface area contributed by atoms with E-state index in [4.69, 9.17) is 4.74 Å². The van der Waals surface area contributed by atoms with Crippen molar-refractivity contribution < 1.29 is 9.84 Å². The highest BCUT2D eigenvalue weighted by Crippen LogP contribution is 2.28. The number of anilines is 2. The molecule has 2 heterocycles. The van der Waals surface area contributed by atoms with E-state index in [1.165, 1.54) is 16.9 Å². The monoisotopic (exact) mass is 394 g/mol. The van der Waals surface area contributed by atoms with E-state index in [1.54, 1.807) is 11.8 Å². The summed E-state index contributed by atoms with van der Waals surface area (Å²) in [6, 6.07) is 8.39. The highest BCUT2D eigenvalue weighted by atomic mass is 32.2. The molecule has 142 valence electrons. The number of aliphatic hydroxyl groups is 1. The van der Waals surface area contributed by atoms with Gasteiger partial charge in [0.15, 0.2) is 4.34 Å². The Kier molecular flexibility index (Phi) is 7.27. The van der Waals surface area contributed by atoms with Gasteiger partial charge in [-0.05, 0) is 23.6 Å². The van der Waals surface area contributed by atoms with Gasteiger partial charge in [-0.3, -0.25) is 4.90 Å². The van der Waals surface area contributed by atoms with Crippen LogP contribution >= 0.6 is 23.1 Å². The van der Waals surface area contributed by atoms with Crippen molar-refractivity contribution in [2.45, 2.75) is 30.2 Å². The number of nitrogens with zero attached hydrogens (tertiary/aromatic N) is 3. The molecule has 1 aromatic heterocycles. The van der Waals surface area contributed by atoms with Crippen LogP contribution in [0.3, 0.4) is 0 Å². The quantitative estimate of drug-likeness (QED) is 0.666. The zero-order chi connectivity index (χ0) is 18.4. The average molecular weight is 395 g/mol. The molecule has 6 nitrogen and oxygen atoms in total. The summed E-state index contributed by atoms with van der Waals surface area (Å²) in [5.41, 5.74) is 2.33. The maximum Gasteiger partial charge on any atom is 0.210 e. The van der Waals surface area contributed by atoms with Crippen LogP contribution in [0.5, 0.6) is 0 Å². The van der Waals surface area contributed by atoms with Crippen molar-refractivity contribution in [1.29, 1.82) is 0 Å². The lowest BCUT2D eigenvalue weighted by molar-refractivity contribution is 0.0188. The Balaban J connectivity index is 1.45. The summed E-state index contributed by atoms with van der Waals surface area (Å²) >= 11 is 3.06. The lowest BCUT2D eigenvalue weighted by atomic mass is 10.0. The van der Waals surface area contributed by atoms with E-state index in [9.17, 15) is 5.11 Å². The van der Waals surface area contributed by atoms with Crippen LogP contribution in [0.25, 0.3) is 0 Å². The normalized spacial score (nSPS) is 16.8. The van der Waals surface area contributed by atoms with Crippen LogP contribution in [-0.2, 0) is 4.74 Å². The van der Waals surface area contributed by atoms with Crippen molar-refractivity contribution in [2.24, 2.45) is 0 Å². The summed E-state index contributed by atoms with van der Waals surface area (Å²) in [4.78, 5) is 2.24. The Morgan fingerprint density at radius 3 is 2.65 bits per heavy atom. The number of ether oxygens (including phenoxy) is 1. The Labute approximate surface area is 163 Å². The standard InChI is InChI=1S/C18H26N4O2S2/c1-13(2)14-3-5-15(6-4-14)19-17-20-21-18(26-17)25-12-16(23)11-22-7-9-24-10-8-22/h3-6,13,16,23H,7-12H2,1-2H3,(H,19,20)/t16-/m1/s1. The minimum Gasteiger partial charge on any atom is -0.391 e. The Hall–Kier alpha value is -1.19. The first kappa shape index (κ1) is 19.6. The fraction of sp³-hybridized carbons (Fsp3) is 0.556. The molecule has 0 saturated carbocycles. The molecule has 0 bridgehead atoms. The van der Waals surface area contributed by atoms with Gasteiger partial charge in [-0.2, -0.15) is 0 Å². The third kappa shape index (κ3) is 5.92. The van der Waals surface area contributed by atoms with Gasteiger partial charge < -0.3 is 15.2 Å². The number of nitrogens with one attached hydrogen (secondary N) is 1. The van der Waals surface area contributed by atoms with Gasteiger partial charge >= 0.3 is 0 Å². The van der Waals surface area contributed by atoms with Gasteiger partial charge in [-0.15, -0.1) is 10.2 Å². The molecule has 0 spiro atoms. The predicted octanol–water partition coefficient (Wildman–Crippen LogP) is 3.19. The minimum absolute atomic E-state index is 0.373. The van der Waals surface area contributed by atoms with E-state index in [1.807, 2.05) is 0 Å². The number of morpholine rings is 1. The maximum absolute atomic E-state index is 10.2. The average Bonchev–Trinajstić information content (AvgIpc) is 3.09. The van der Waals surface area contributed by atoms with Crippen molar-refractivity contribution in [3.63, 3.8) is 0 Å². The fourth-order valence-electron chi connectivity index (χ4n) is 2.70. The number of hydrogen-bond acceptors (Lipinski definition) is 8. The largest absolute Gasteiger partial charge is 0.391 e. The Morgan fingerprint density at radius 1 is 1.23 bits per heavy atom.